The van der Waals surface area contributed by atoms with E-state index < -0.39 is 5.54 Å². The van der Waals surface area contributed by atoms with E-state index in [9.17, 15) is 9.59 Å². The Labute approximate surface area is 129 Å². The van der Waals surface area contributed by atoms with Crippen molar-refractivity contribution in [2.75, 3.05) is 26.9 Å². The van der Waals surface area contributed by atoms with Crippen LogP contribution in [0.4, 0.5) is 0 Å². The molecule has 0 aliphatic heterocycles. The van der Waals surface area contributed by atoms with Gasteiger partial charge in [-0.3, -0.25) is 9.59 Å². The van der Waals surface area contributed by atoms with Gasteiger partial charge < -0.3 is 20.1 Å². The SMILES string of the molecule is CCNC(=O)C1(NC(=O)c2ccnc(OCCOC)c2)CC1. The fraction of sp³-hybridized carbons (Fsp3) is 0.533. The molecule has 22 heavy (non-hydrogen) atoms. The molecule has 7 heteroatoms. The number of ether oxygens (including phenoxy) is 2. The maximum Gasteiger partial charge on any atom is 0.252 e. The number of hydrogen-bond acceptors (Lipinski definition) is 5. The molecule has 1 aromatic heterocycles. The van der Waals surface area contributed by atoms with E-state index in [2.05, 4.69) is 15.6 Å². The summed E-state index contributed by atoms with van der Waals surface area (Å²) in [6.45, 7) is 3.20. The highest BCUT2D eigenvalue weighted by atomic mass is 16.5. The van der Waals surface area contributed by atoms with Crippen LogP contribution in [0, 0.1) is 0 Å². The van der Waals surface area contributed by atoms with Gasteiger partial charge in [-0.15, -0.1) is 0 Å². The van der Waals surface area contributed by atoms with Gasteiger partial charge in [0.1, 0.15) is 12.1 Å². The van der Waals surface area contributed by atoms with Crippen LogP contribution in [0.3, 0.4) is 0 Å². The number of hydrogen-bond donors (Lipinski definition) is 2. The minimum Gasteiger partial charge on any atom is -0.475 e. The van der Waals surface area contributed by atoms with E-state index in [0.29, 0.717) is 44.0 Å². The van der Waals surface area contributed by atoms with Crippen molar-refractivity contribution in [1.82, 2.24) is 15.6 Å². The van der Waals surface area contributed by atoms with Gasteiger partial charge in [-0.05, 0) is 25.8 Å². The first kappa shape index (κ1) is 16.2. The monoisotopic (exact) mass is 307 g/mol. The van der Waals surface area contributed by atoms with Gasteiger partial charge in [0.15, 0.2) is 0 Å². The molecule has 2 amide bonds. The van der Waals surface area contributed by atoms with Gasteiger partial charge in [0, 0.05) is 31.5 Å². The van der Waals surface area contributed by atoms with Crippen LogP contribution in [0.1, 0.15) is 30.1 Å². The first-order valence-corrected chi connectivity index (χ1v) is 7.30. The van der Waals surface area contributed by atoms with Crippen LogP contribution in [0.5, 0.6) is 5.88 Å². The molecule has 1 fully saturated rings. The summed E-state index contributed by atoms with van der Waals surface area (Å²) in [5.74, 6) is -0.0794. The predicted octanol–water partition coefficient (Wildman–Crippen LogP) is 0.505. The van der Waals surface area contributed by atoms with E-state index in [4.69, 9.17) is 9.47 Å². The summed E-state index contributed by atoms with van der Waals surface area (Å²) < 4.78 is 10.3. The van der Waals surface area contributed by atoms with E-state index in [1.54, 1.807) is 19.2 Å². The molecular formula is C15H21N3O4. The van der Waals surface area contributed by atoms with Gasteiger partial charge in [-0.2, -0.15) is 0 Å². The van der Waals surface area contributed by atoms with E-state index in [0.717, 1.165) is 0 Å². The zero-order chi connectivity index (χ0) is 16.0. The van der Waals surface area contributed by atoms with Crippen LogP contribution >= 0.6 is 0 Å². The van der Waals surface area contributed by atoms with Crippen molar-refractivity contribution in [2.24, 2.45) is 0 Å². The molecule has 0 aromatic carbocycles. The summed E-state index contributed by atoms with van der Waals surface area (Å²) in [6.07, 6.45) is 2.82. The third kappa shape index (κ3) is 3.94. The van der Waals surface area contributed by atoms with Gasteiger partial charge in [0.25, 0.3) is 5.91 Å². The highest BCUT2D eigenvalue weighted by molar-refractivity contribution is 6.00. The molecule has 120 valence electrons. The molecule has 1 aliphatic rings. The fourth-order valence-electron chi connectivity index (χ4n) is 2.01. The fourth-order valence-corrected chi connectivity index (χ4v) is 2.01. The zero-order valence-electron chi connectivity index (χ0n) is 12.8. The Kier molecular flexibility index (Phi) is 5.32. The highest BCUT2D eigenvalue weighted by Gasteiger charge is 2.51. The quantitative estimate of drug-likeness (QED) is 0.683. The predicted molar refractivity (Wildman–Crippen MR) is 79.7 cm³/mol. The molecule has 2 rings (SSSR count). The maximum atomic E-state index is 12.3. The molecule has 1 aromatic rings. The van der Waals surface area contributed by atoms with Crippen LogP contribution in [-0.4, -0.2) is 49.2 Å². The van der Waals surface area contributed by atoms with Crippen LogP contribution in [0.25, 0.3) is 0 Å². The van der Waals surface area contributed by atoms with Crippen LogP contribution in [0.2, 0.25) is 0 Å². The number of aromatic nitrogens is 1. The lowest BCUT2D eigenvalue weighted by Crippen LogP contribution is -2.48. The number of amides is 2. The number of nitrogens with zero attached hydrogens (tertiary/aromatic N) is 1. The number of methoxy groups -OCH3 is 1. The molecule has 0 unspecified atom stereocenters. The Hall–Kier alpha value is -2.15. The first-order valence-electron chi connectivity index (χ1n) is 7.30. The largest absolute Gasteiger partial charge is 0.475 e. The molecule has 1 aliphatic carbocycles. The van der Waals surface area contributed by atoms with E-state index in [1.165, 1.54) is 6.20 Å². The van der Waals surface area contributed by atoms with E-state index in [-0.39, 0.29) is 11.8 Å². The molecular weight excluding hydrogens is 286 g/mol. The van der Waals surface area contributed by atoms with Gasteiger partial charge in [0.2, 0.25) is 11.8 Å². The lowest BCUT2D eigenvalue weighted by atomic mass is 10.2. The number of carbonyl (C=O) groups is 2. The second kappa shape index (κ2) is 7.22. The third-order valence-corrected chi connectivity index (χ3v) is 3.41. The Morgan fingerprint density at radius 3 is 2.77 bits per heavy atom. The van der Waals surface area contributed by atoms with Crippen molar-refractivity contribution < 1.29 is 19.1 Å². The van der Waals surface area contributed by atoms with Crippen molar-refractivity contribution in [1.29, 1.82) is 0 Å². The van der Waals surface area contributed by atoms with E-state index >= 15 is 0 Å². The maximum absolute atomic E-state index is 12.3. The molecule has 0 atom stereocenters. The normalized spacial score (nSPS) is 15.0. The molecule has 7 nitrogen and oxygen atoms in total. The minimum atomic E-state index is -0.757. The smallest absolute Gasteiger partial charge is 0.252 e. The molecule has 0 saturated heterocycles. The average Bonchev–Trinajstić information content (AvgIpc) is 3.29. The molecule has 0 spiro atoms. The Morgan fingerprint density at radius 1 is 1.36 bits per heavy atom. The van der Waals surface area contributed by atoms with Crippen molar-refractivity contribution in [3.8, 4) is 5.88 Å². The molecule has 0 bridgehead atoms. The van der Waals surface area contributed by atoms with Crippen LogP contribution in [0.15, 0.2) is 18.3 Å². The first-order chi connectivity index (χ1) is 10.6. The van der Waals surface area contributed by atoms with Gasteiger partial charge in [0.05, 0.1) is 6.61 Å². The zero-order valence-corrected chi connectivity index (χ0v) is 12.8. The molecule has 0 radical (unpaired) electrons. The van der Waals surface area contributed by atoms with E-state index in [1.807, 2.05) is 6.92 Å². The van der Waals surface area contributed by atoms with Gasteiger partial charge in [-0.1, -0.05) is 0 Å². The van der Waals surface area contributed by atoms with Crippen LogP contribution in [-0.2, 0) is 9.53 Å². The third-order valence-electron chi connectivity index (χ3n) is 3.41. The minimum absolute atomic E-state index is 0.131. The second-order valence-corrected chi connectivity index (χ2v) is 5.12. The Morgan fingerprint density at radius 2 is 2.14 bits per heavy atom. The number of nitrogens with one attached hydrogen (secondary N) is 2. The van der Waals surface area contributed by atoms with Gasteiger partial charge in [-0.25, -0.2) is 4.98 Å². The summed E-state index contributed by atoms with van der Waals surface area (Å²) in [7, 11) is 1.58. The van der Waals surface area contributed by atoms with Crippen LogP contribution < -0.4 is 15.4 Å². The highest BCUT2D eigenvalue weighted by Crippen LogP contribution is 2.35. The lowest BCUT2D eigenvalue weighted by Gasteiger charge is -2.16. The lowest BCUT2D eigenvalue weighted by molar-refractivity contribution is -0.123. The molecule has 1 saturated carbocycles. The van der Waals surface area contributed by atoms with Crippen molar-refractivity contribution in [2.45, 2.75) is 25.3 Å². The Balaban J connectivity index is 1.98. The number of carbonyl (C=O) groups excluding carboxylic acids is 2. The van der Waals surface area contributed by atoms with Crippen molar-refractivity contribution in [3.05, 3.63) is 23.9 Å². The average molecular weight is 307 g/mol. The van der Waals surface area contributed by atoms with Gasteiger partial charge >= 0.3 is 0 Å². The standard InChI is InChI=1S/C15H21N3O4/c1-3-16-14(20)15(5-6-15)18-13(19)11-4-7-17-12(10-11)22-9-8-21-2/h4,7,10H,3,5-6,8-9H2,1-2H3,(H,16,20)(H,18,19). The number of pyridine rings is 1. The Bertz CT molecular complexity index is 543. The van der Waals surface area contributed by atoms with Crippen molar-refractivity contribution in [3.63, 3.8) is 0 Å². The summed E-state index contributed by atoms with van der Waals surface area (Å²) >= 11 is 0. The summed E-state index contributed by atoms with van der Waals surface area (Å²) in [4.78, 5) is 28.3. The summed E-state index contributed by atoms with van der Waals surface area (Å²) in [5, 5.41) is 5.55. The number of likely N-dealkylation sites (N-methyl/N-ethyl adjacent to an activating group) is 1. The molecule has 1 heterocycles. The topological polar surface area (TPSA) is 89.6 Å². The second-order valence-electron chi connectivity index (χ2n) is 5.12. The summed E-state index contributed by atoms with van der Waals surface area (Å²) in [6, 6.07) is 3.14. The summed E-state index contributed by atoms with van der Waals surface area (Å²) in [5.41, 5.74) is -0.342. The van der Waals surface area contributed by atoms with Crippen molar-refractivity contribution >= 4 is 11.8 Å². The number of rotatable bonds is 8. The molecule has 2 N–H and O–H groups in total.